The molecule has 3 amide bonds. The molecule has 254 valence electrons. The van der Waals surface area contributed by atoms with E-state index in [1.807, 2.05) is 13.8 Å². The summed E-state index contributed by atoms with van der Waals surface area (Å²) in [5.74, 6) is -2.64. The van der Waals surface area contributed by atoms with Crippen LogP contribution in [0.4, 0.5) is 0 Å². The molecule has 11 nitrogen and oxygen atoms in total. The Morgan fingerprint density at radius 2 is 1.34 bits per heavy atom. The number of rotatable bonds is 18. The third-order valence-electron chi connectivity index (χ3n) is 7.97. The molecule has 1 aromatic heterocycles. The minimum atomic E-state index is -3.85. The van der Waals surface area contributed by atoms with Gasteiger partial charge in [-0.2, -0.15) is 0 Å². The summed E-state index contributed by atoms with van der Waals surface area (Å²) in [7, 11) is -3.85. The number of carbonyl (C=O) groups excluding carboxylic acids is 3. The molecule has 0 aliphatic heterocycles. The lowest BCUT2D eigenvalue weighted by Crippen LogP contribution is -2.59. The molecule has 0 saturated carbocycles. The number of aliphatic hydroxyl groups excluding tert-OH is 2. The third-order valence-corrected chi connectivity index (χ3v) is 10.3. The smallest absolute Gasteiger partial charge is 0.253 e. The summed E-state index contributed by atoms with van der Waals surface area (Å²) >= 11 is 0. The van der Waals surface area contributed by atoms with Gasteiger partial charge in [-0.15, -0.1) is 0 Å². The van der Waals surface area contributed by atoms with Gasteiger partial charge in [0.15, 0.2) is 9.84 Å². The van der Waals surface area contributed by atoms with Crippen LogP contribution < -0.4 is 16.0 Å². The highest BCUT2D eigenvalue weighted by Crippen LogP contribution is 2.18. The van der Waals surface area contributed by atoms with Crippen molar-refractivity contribution < 1.29 is 33.0 Å². The van der Waals surface area contributed by atoms with Gasteiger partial charge in [0.2, 0.25) is 5.91 Å². The van der Waals surface area contributed by atoms with Crippen molar-refractivity contribution in [2.24, 2.45) is 0 Å². The van der Waals surface area contributed by atoms with Crippen molar-refractivity contribution in [3.8, 4) is 0 Å². The van der Waals surface area contributed by atoms with Crippen LogP contribution in [0.3, 0.4) is 0 Å². The first-order valence-corrected chi connectivity index (χ1v) is 17.7. The highest BCUT2D eigenvalue weighted by atomic mass is 32.2. The lowest BCUT2D eigenvalue weighted by Gasteiger charge is -2.32. The van der Waals surface area contributed by atoms with Gasteiger partial charge in [0.25, 0.3) is 11.8 Å². The number of carbonyl (C=O) groups is 3. The molecule has 12 heteroatoms. The molecule has 0 aliphatic carbocycles. The van der Waals surface area contributed by atoms with E-state index in [2.05, 4.69) is 20.9 Å². The topological polar surface area (TPSA) is 175 Å². The van der Waals surface area contributed by atoms with E-state index < -0.39 is 68.9 Å². The van der Waals surface area contributed by atoms with Crippen molar-refractivity contribution in [2.75, 3.05) is 5.75 Å². The fourth-order valence-electron chi connectivity index (χ4n) is 5.34. The van der Waals surface area contributed by atoms with Crippen LogP contribution in [0.25, 0.3) is 0 Å². The van der Waals surface area contributed by atoms with Gasteiger partial charge in [0.05, 0.1) is 28.6 Å². The third kappa shape index (κ3) is 11.3. The van der Waals surface area contributed by atoms with Crippen LogP contribution in [0, 0.1) is 0 Å². The summed E-state index contributed by atoms with van der Waals surface area (Å²) in [5, 5.41) is 29.8. The Hall–Kier alpha value is -4.13. The van der Waals surface area contributed by atoms with Gasteiger partial charge >= 0.3 is 0 Å². The molecule has 0 saturated heterocycles. The summed E-state index contributed by atoms with van der Waals surface area (Å²) in [6.07, 6.45) is 1.82. The number of aliphatic hydroxyl groups is 2. The Balaban J connectivity index is 1.89. The second-order valence-electron chi connectivity index (χ2n) is 11.7. The van der Waals surface area contributed by atoms with Gasteiger partial charge < -0.3 is 26.2 Å². The normalized spacial score (nSPS) is 14.8. The van der Waals surface area contributed by atoms with E-state index in [1.165, 1.54) is 25.4 Å². The zero-order valence-electron chi connectivity index (χ0n) is 27.1. The van der Waals surface area contributed by atoms with Crippen molar-refractivity contribution in [3.05, 3.63) is 102 Å². The van der Waals surface area contributed by atoms with Crippen LogP contribution in [-0.4, -0.2) is 82.7 Å². The van der Waals surface area contributed by atoms with E-state index in [0.717, 1.165) is 5.56 Å². The molecule has 2 aromatic carbocycles. The molecule has 0 bridgehead atoms. The molecule has 0 radical (unpaired) electrons. The summed E-state index contributed by atoms with van der Waals surface area (Å²) in [5.41, 5.74) is 1.23. The Bertz CT molecular complexity index is 1520. The minimum Gasteiger partial charge on any atom is -0.388 e. The largest absolute Gasteiger partial charge is 0.388 e. The lowest BCUT2D eigenvalue weighted by atomic mass is 9.94. The average Bonchev–Trinajstić information content (AvgIpc) is 3.07. The SMILES string of the molecule is CCCC(CCC)S(=O)(=O)C[C@@H](NC(=O)c1cccnc1)C(=O)N[C@@H](Cc1ccccc1)[C@@H](O)[C@H](O)[C@@H](C)NC(=O)c1ccccc1. The summed E-state index contributed by atoms with van der Waals surface area (Å²) < 4.78 is 27.2. The number of nitrogens with one attached hydrogen (secondary N) is 3. The molecule has 47 heavy (non-hydrogen) atoms. The van der Waals surface area contributed by atoms with Crippen molar-refractivity contribution in [1.82, 2.24) is 20.9 Å². The molecule has 3 aromatic rings. The highest BCUT2D eigenvalue weighted by Gasteiger charge is 2.37. The number of amides is 3. The van der Waals surface area contributed by atoms with Gasteiger partial charge in [-0.1, -0.05) is 75.2 Å². The van der Waals surface area contributed by atoms with E-state index >= 15 is 0 Å². The van der Waals surface area contributed by atoms with E-state index in [1.54, 1.807) is 66.7 Å². The summed E-state index contributed by atoms with van der Waals surface area (Å²) in [6.45, 7) is 5.30. The summed E-state index contributed by atoms with van der Waals surface area (Å²) in [4.78, 5) is 43.7. The van der Waals surface area contributed by atoms with Crippen LogP contribution in [0.15, 0.2) is 85.2 Å². The molecule has 0 aliphatic rings. The van der Waals surface area contributed by atoms with E-state index in [0.29, 0.717) is 31.2 Å². The maximum Gasteiger partial charge on any atom is 0.253 e. The predicted octanol–water partition coefficient (Wildman–Crippen LogP) is 2.83. The molecule has 0 fully saturated rings. The number of benzene rings is 2. The van der Waals surface area contributed by atoms with E-state index in [4.69, 9.17) is 0 Å². The molecule has 0 unspecified atom stereocenters. The van der Waals surface area contributed by atoms with Crippen LogP contribution in [-0.2, 0) is 21.1 Å². The highest BCUT2D eigenvalue weighted by molar-refractivity contribution is 7.92. The minimum absolute atomic E-state index is 0.0640. The average molecular weight is 667 g/mol. The van der Waals surface area contributed by atoms with Crippen molar-refractivity contribution in [2.45, 2.75) is 88.5 Å². The van der Waals surface area contributed by atoms with Crippen molar-refractivity contribution >= 4 is 27.6 Å². The fraction of sp³-hybridized carbons (Fsp3) is 0.429. The second-order valence-corrected chi connectivity index (χ2v) is 14.0. The van der Waals surface area contributed by atoms with E-state index in [9.17, 15) is 33.0 Å². The molecule has 3 rings (SSSR count). The second kappa shape index (κ2) is 18.3. The van der Waals surface area contributed by atoms with Gasteiger partial charge in [-0.25, -0.2) is 8.42 Å². The van der Waals surface area contributed by atoms with Crippen LogP contribution >= 0.6 is 0 Å². The Kier molecular flexibility index (Phi) is 14.5. The maximum atomic E-state index is 13.9. The Labute approximate surface area is 277 Å². The zero-order chi connectivity index (χ0) is 34.4. The Morgan fingerprint density at radius 3 is 1.91 bits per heavy atom. The number of nitrogens with zero attached hydrogens (tertiary/aromatic N) is 1. The van der Waals surface area contributed by atoms with Crippen LogP contribution in [0.1, 0.15) is 72.7 Å². The number of hydrogen-bond donors (Lipinski definition) is 5. The number of aromatic nitrogens is 1. The number of pyridine rings is 1. The van der Waals surface area contributed by atoms with Gasteiger partial charge in [-0.05, 0) is 56.0 Å². The lowest BCUT2D eigenvalue weighted by molar-refractivity contribution is -0.125. The predicted molar refractivity (Wildman–Crippen MR) is 180 cm³/mol. The van der Waals surface area contributed by atoms with Gasteiger partial charge in [-0.3, -0.25) is 19.4 Å². The van der Waals surface area contributed by atoms with Crippen LogP contribution in [0.2, 0.25) is 0 Å². The fourth-order valence-corrected chi connectivity index (χ4v) is 7.51. The van der Waals surface area contributed by atoms with E-state index in [-0.39, 0.29) is 12.0 Å². The number of sulfone groups is 1. The first-order chi connectivity index (χ1) is 22.5. The maximum absolute atomic E-state index is 13.9. The first-order valence-electron chi connectivity index (χ1n) is 16.0. The molecule has 0 spiro atoms. The molecular weight excluding hydrogens is 620 g/mol. The number of hydrogen-bond acceptors (Lipinski definition) is 8. The molecule has 5 atom stereocenters. The quantitative estimate of drug-likeness (QED) is 0.138. The molecule has 5 N–H and O–H groups in total. The molecular formula is C35H46N4O7S. The van der Waals surface area contributed by atoms with Crippen LogP contribution in [0.5, 0.6) is 0 Å². The Morgan fingerprint density at radius 1 is 0.766 bits per heavy atom. The zero-order valence-corrected chi connectivity index (χ0v) is 27.9. The van der Waals surface area contributed by atoms with Gasteiger partial charge in [0.1, 0.15) is 18.2 Å². The monoisotopic (exact) mass is 666 g/mol. The van der Waals surface area contributed by atoms with Crippen molar-refractivity contribution in [3.63, 3.8) is 0 Å². The van der Waals surface area contributed by atoms with Crippen molar-refractivity contribution in [1.29, 1.82) is 0 Å². The standard InChI is InChI=1S/C35H46N4O7S/c1-4-13-28(14-5-2)47(45,46)23-30(39-34(43)27-19-12-20-36-22-27)35(44)38-29(21-25-15-8-6-9-16-25)32(41)31(40)24(3)37-33(42)26-17-10-7-11-18-26/h6-12,15-20,22,24,28-32,40-41H,4-5,13-14,21,23H2,1-3H3,(H,37,42)(H,38,44)(H,39,43)/t24-,29+,30-,31-,32-/m1/s1. The summed E-state index contributed by atoms with van der Waals surface area (Å²) in [6, 6.07) is 16.8. The van der Waals surface area contributed by atoms with Gasteiger partial charge in [0, 0.05) is 18.0 Å². The molecule has 1 heterocycles. The first kappa shape index (κ1) is 37.3.